The van der Waals surface area contributed by atoms with E-state index in [9.17, 15) is 14.0 Å². The molecule has 0 aliphatic rings. The van der Waals surface area contributed by atoms with Crippen LogP contribution < -0.4 is 5.32 Å². The Balaban J connectivity index is 2.56. The number of nitrogens with zero attached hydrogens (tertiary/aromatic N) is 1. The van der Waals surface area contributed by atoms with Gasteiger partial charge in [-0.2, -0.15) is 0 Å². The SMILES string of the molecule is COC(=O)C(CC(C)C)NC(=O)CN(C)Cc1ccccc1F. The molecule has 1 atom stereocenters. The molecule has 5 nitrogen and oxygen atoms in total. The van der Waals surface area contributed by atoms with Gasteiger partial charge in [-0.05, 0) is 25.5 Å². The topological polar surface area (TPSA) is 58.6 Å². The highest BCUT2D eigenvalue weighted by Gasteiger charge is 2.23. The maximum absolute atomic E-state index is 13.6. The molecule has 0 aliphatic heterocycles. The predicted octanol–water partition coefficient (Wildman–Crippen LogP) is 1.96. The molecule has 0 spiro atoms. The van der Waals surface area contributed by atoms with Gasteiger partial charge in [0.2, 0.25) is 5.91 Å². The molecule has 6 heteroatoms. The number of amides is 1. The van der Waals surface area contributed by atoms with Crippen molar-refractivity contribution in [3.8, 4) is 0 Å². The lowest BCUT2D eigenvalue weighted by Crippen LogP contribution is -2.45. The number of benzene rings is 1. The third-order valence-electron chi connectivity index (χ3n) is 3.34. The monoisotopic (exact) mass is 324 g/mol. The molecule has 0 heterocycles. The summed E-state index contributed by atoms with van der Waals surface area (Å²) >= 11 is 0. The molecule has 0 radical (unpaired) electrons. The molecule has 0 aliphatic carbocycles. The number of hydrogen-bond donors (Lipinski definition) is 1. The molecule has 1 unspecified atom stereocenters. The van der Waals surface area contributed by atoms with Crippen molar-refractivity contribution in [1.82, 2.24) is 10.2 Å². The van der Waals surface area contributed by atoms with Gasteiger partial charge in [-0.1, -0.05) is 32.0 Å². The van der Waals surface area contributed by atoms with Gasteiger partial charge in [0.25, 0.3) is 0 Å². The van der Waals surface area contributed by atoms with E-state index >= 15 is 0 Å². The molecule has 1 aromatic rings. The smallest absolute Gasteiger partial charge is 0.328 e. The van der Waals surface area contributed by atoms with E-state index in [0.717, 1.165) is 0 Å². The number of methoxy groups -OCH3 is 1. The Hall–Kier alpha value is -1.95. The van der Waals surface area contributed by atoms with Gasteiger partial charge in [0.05, 0.1) is 13.7 Å². The van der Waals surface area contributed by atoms with E-state index in [0.29, 0.717) is 18.5 Å². The van der Waals surface area contributed by atoms with Gasteiger partial charge in [-0.25, -0.2) is 9.18 Å². The maximum atomic E-state index is 13.6. The fourth-order valence-electron chi connectivity index (χ4n) is 2.29. The second kappa shape index (κ2) is 9.25. The van der Waals surface area contributed by atoms with Gasteiger partial charge in [-0.3, -0.25) is 9.69 Å². The van der Waals surface area contributed by atoms with Gasteiger partial charge in [0, 0.05) is 12.1 Å². The number of nitrogens with one attached hydrogen (secondary N) is 1. The lowest BCUT2D eigenvalue weighted by atomic mass is 10.0. The van der Waals surface area contributed by atoms with Crippen molar-refractivity contribution >= 4 is 11.9 Å². The molecule has 0 saturated heterocycles. The number of rotatable bonds is 8. The molecular weight excluding hydrogens is 299 g/mol. The maximum Gasteiger partial charge on any atom is 0.328 e. The molecule has 23 heavy (non-hydrogen) atoms. The molecule has 1 aromatic carbocycles. The lowest BCUT2D eigenvalue weighted by molar-refractivity contribution is -0.145. The molecule has 128 valence electrons. The van der Waals surface area contributed by atoms with Crippen LogP contribution >= 0.6 is 0 Å². The Morgan fingerprint density at radius 3 is 2.52 bits per heavy atom. The third kappa shape index (κ3) is 6.78. The zero-order valence-corrected chi connectivity index (χ0v) is 14.1. The number of esters is 1. The molecule has 0 fully saturated rings. The summed E-state index contributed by atoms with van der Waals surface area (Å²) < 4.78 is 18.3. The van der Waals surface area contributed by atoms with Crippen LogP contribution in [0, 0.1) is 11.7 Å². The first-order chi connectivity index (χ1) is 10.8. The fraction of sp³-hybridized carbons (Fsp3) is 0.529. The molecule has 1 amide bonds. The largest absolute Gasteiger partial charge is 0.467 e. The Morgan fingerprint density at radius 1 is 1.30 bits per heavy atom. The number of likely N-dealkylation sites (N-methyl/N-ethyl adjacent to an activating group) is 1. The van der Waals surface area contributed by atoms with Crippen molar-refractivity contribution < 1.29 is 18.7 Å². The van der Waals surface area contributed by atoms with Crippen molar-refractivity contribution in [2.45, 2.75) is 32.9 Å². The van der Waals surface area contributed by atoms with Gasteiger partial charge >= 0.3 is 5.97 Å². The molecule has 1 rings (SSSR count). The van der Waals surface area contributed by atoms with E-state index in [1.54, 1.807) is 30.1 Å². The number of ether oxygens (including phenoxy) is 1. The fourth-order valence-corrected chi connectivity index (χ4v) is 2.29. The Morgan fingerprint density at radius 2 is 1.96 bits per heavy atom. The van der Waals surface area contributed by atoms with Crippen molar-refractivity contribution in [2.24, 2.45) is 5.92 Å². The van der Waals surface area contributed by atoms with E-state index in [2.05, 4.69) is 5.32 Å². The number of hydrogen-bond acceptors (Lipinski definition) is 4. The van der Waals surface area contributed by atoms with E-state index in [1.165, 1.54) is 13.2 Å². The molecular formula is C17H25FN2O3. The summed E-state index contributed by atoms with van der Waals surface area (Å²) in [6.45, 7) is 4.31. The zero-order chi connectivity index (χ0) is 17.4. The van der Waals surface area contributed by atoms with Crippen molar-refractivity contribution in [1.29, 1.82) is 0 Å². The van der Waals surface area contributed by atoms with Gasteiger partial charge < -0.3 is 10.1 Å². The Kier molecular flexibility index (Phi) is 7.68. The van der Waals surface area contributed by atoms with Crippen LogP contribution in [0.4, 0.5) is 4.39 Å². The van der Waals surface area contributed by atoms with Gasteiger partial charge in [0.1, 0.15) is 11.9 Å². The predicted molar refractivity (Wildman–Crippen MR) is 86.1 cm³/mol. The average molecular weight is 324 g/mol. The first-order valence-electron chi connectivity index (χ1n) is 7.62. The summed E-state index contributed by atoms with van der Waals surface area (Å²) in [6, 6.07) is 5.79. The summed E-state index contributed by atoms with van der Waals surface area (Å²) in [6.07, 6.45) is 0.509. The van der Waals surface area contributed by atoms with Crippen LogP contribution in [0.25, 0.3) is 0 Å². The van der Waals surface area contributed by atoms with Crippen molar-refractivity contribution in [3.63, 3.8) is 0 Å². The van der Waals surface area contributed by atoms with Gasteiger partial charge in [0.15, 0.2) is 0 Å². The first-order valence-corrected chi connectivity index (χ1v) is 7.62. The number of carbonyl (C=O) groups is 2. The van der Waals surface area contributed by atoms with Crippen LogP contribution in [-0.4, -0.2) is 43.5 Å². The minimum absolute atomic E-state index is 0.0694. The highest BCUT2D eigenvalue weighted by molar-refractivity contribution is 5.85. The third-order valence-corrected chi connectivity index (χ3v) is 3.34. The van der Waals surface area contributed by atoms with Crippen LogP contribution in [-0.2, 0) is 20.9 Å². The van der Waals surface area contributed by atoms with Crippen LogP contribution in [0.5, 0.6) is 0 Å². The molecule has 0 saturated carbocycles. The number of halogens is 1. The Labute approximate surface area is 136 Å². The second-order valence-corrected chi connectivity index (χ2v) is 6.04. The van der Waals surface area contributed by atoms with E-state index in [1.807, 2.05) is 13.8 Å². The zero-order valence-electron chi connectivity index (χ0n) is 14.1. The summed E-state index contributed by atoms with van der Waals surface area (Å²) in [5.74, 6) is -0.800. The van der Waals surface area contributed by atoms with Crippen LogP contribution in [0.15, 0.2) is 24.3 Å². The highest BCUT2D eigenvalue weighted by Crippen LogP contribution is 2.09. The lowest BCUT2D eigenvalue weighted by Gasteiger charge is -2.21. The summed E-state index contributed by atoms with van der Waals surface area (Å²) in [5, 5.41) is 2.68. The number of carbonyl (C=O) groups excluding carboxylic acids is 2. The van der Waals surface area contributed by atoms with Crippen LogP contribution in [0.1, 0.15) is 25.8 Å². The minimum Gasteiger partial charge on any atom is -0.467 e. The van der Waals surface area contributed by atoms with Crippen LogP contribution in [0.3, 0.4) is 0 Å². The van der Waals surface area contributed by atoms with Gasteiger partial charge in [-0.15, -0.1) is 0 Å². The Bertz CT molecular complexity index is 534. The minimum atomic E-state index is -0.658. The first kappa shape index (κ1) is 19.1. The van der Waals surface area contributed by atoms with Crippen molar-refractivity contribution in [2.75, 3.05) is 20.7 Å². The van der Waals surface area contributed by atoms with E-state index < -0.39 is 12.0 Å². The summed E-state index contributed by atoms with van der Waals surface area (Å²) in [5.41, 5.74) is 0.523. The quantitative estimate of drug-likeness (QED) is 0.743. The molecule has 1 N–H and O–H groups in total. The standard InChI is InChI=1S/C17H25FN2O3/c1-12(2)9-15(17(22)23-4)19-16(21)11-20(3)10-13-7-5-6-8-14(13)18/h5-8,12,15H,9-11H2,1-4H3,(H,19,21). The van der Waals surface area contributed by atoms with Crippen LogP contribution in [0.2, 0.25) is 0 Å². The second-order valence-electron chi connectivity index (χ2n) is 6.04. The van der Waals surface area contributed by atoms with Crippen molar-refractivity contribution in [3.05, 3.63) is 35.6 Å². The van der Waals surface area contributed by atoms with E-state index in [-0.39, 0.29) is 24.2 Å². The molecule has 0 bridgehead atoms. The molecule has 0 aromatic heterocycles. The highest BCUT2D eigenvalue weighted by atomic mass is 19.1. The average Bonchev–Trinajstić information content (AvgIpc) is 2.47. The summed E-state index contributed by atoms with van der Waals surface area (Å²) in [7, 11) is 3.02. The summed E-state index contributed by atoms with van der Waals surface area (Å²) in [4.78, 5) is 25.5. The normalized spacial score (nSPS) is 12.3. The van der Waals surface area contributed by atoms with E-state index in [4.69, 9.17) is 4.74 Å².